The molecule has 0 aliphatic carbocycles. The number of hydrogen-bond acceptors (Lipinski definition) is 4. The summed E-state index contributed by atoms with van der Waals surface area (Å²) in [4.78, 5) is 0.246. The van der Waals surface area contributed by atoms with E-state index in [0.717, 1.165) is 17.5 Å². The van der Waals surface area contributed by atoms with Crippen LogP contribution in [0.3, 0.4) is 0 Å². The first kappa shape index (κ1) is 15.5. The Morgan fingerprint density at radius 1 is 1.14 bits per heavy atom. The minimum Gasteiger partial charge on any atom is -0.457 e. The lowest BCUT2D eigenvalue weighted by atomic mass is 10.1. The van der Waals surface area contributed by atoms with Gasteiger partial charge in [-0.3, -0.25) is 0 Å². The van der Waals surface area contributed by atoms with Gasteiger partial charge in [-0.05, 0) is 55.3 Å². The molecule has 112 valence electrons. The molecule has 0 amide bonds. The zero-order chi connectivity index (χ0) is 15.5. The Morgan fingerprint density at radius 2 is 1.90 bits per heavy atom. The van der Waals surface area contributed by atoms with Crippen molar-refractivity contribution in [2.45, 2.75) is 18.2 Å². The maximum Gasteiger partial charge on any atom is 0.175 e. The lowest BCUT2D eigenvalue weighted by Gasteiger charge is -2.11. The Morgan fingerprint density at radius 3 is 2.57 bits per heavy atom. The van der Waals surface area contributed by atoms with Crippen LogP contribution in [0.15, 0.2) is 47.4 Å². The molecule has 0 aliphatic rings. The van der Waals surface area contributed by atoms with Crippen molar-refractivity contribution >= 4 is 9.84 Å². The summed E-state index contributed by atoms with van der Waals surface area (Å²) in [5.41, 5.74) is 7.64. The number of benzene rings is 2. The molecule has 0 bridgehead atoms. The van der Waals surface area contributed by atoms with E-state index in [0.29, 0.717) is 18.0 Å². The third-order valence-electron chi connectivity index (χ3n) is 3.15. The zero-order valence-corrected chi connectivity index (χ0v) is 13.0. The van der Waals surface area contributed by atoms with Gasteiger partial charge < -0.3 is 10.5 Å². The highest BCUT2D eigenvalue weighted by molar-refractivity contribution is 7.90. The van der Waals surface area contributed by atoms with Gasteiger partial charge in [-0.2, -0.15) is 0 Å². The summed E-state index contributed by atoms with van der Waals surface area (Å²) in [7, 11) is -3.24. The highest BCUT2D eigenvalue weighted by atomic mass is 32.2. The molecule has 0 fully saturated rings. The summed E-state index contributed by atoms with van der Waals surface area (Å²) in [5, 5.41) is 0. The maximum absolute atomic E-state index is 11.6. The van der Waals surface area contributed by atoms with Crippen LogP contribution in [-0.4, -0.2) is 21.2 Å². The van der Waals surface area contributed by atoms with Crippen molar-refractivity contribution in [1.82, 2.24) is 0 Å². The lowest BCUT2D eigenvalue weighted by Crippen LogP contribution is -2.03. The minimum atomic E-state index is -3.24. The van der Waals surface area contributed by atoms with Crippen LogP contribution in [0.5, 0.6) is 11.5 Å². The van der Waals surface area contributed by atoms with E-state index in [1.807, 2.05) is 25.1 Å². The molecule has 0 atom stereocenters. The highest BCUT2D eigenvalue weighted by Gasteiger charge is 2.09. The van der Waals surface area contributed by atoms with Crippen LogP contribution in [0.4, 0.5) is 0 Å². The van der Waals surface area contributed by atoms with Gasteiger partial charge in [0.05, 0.1) is 4.90 Å². The molecule has 5 heteroatoms. The van der Waals surface area contributed by atoms with Gasteiger partial charge in [0, 0.05) is 6.26 Å². The molecule has 0 aliphatic heterocycles. The van der Waals surface area contributed by atoms with Gasteiger partial charge in [0.1, 0.15) is 11.5 Å². The van der Waals surface area contributed by atoms with Crippen molar-refractivity contribution in [3.63, 3.8) is 0 Å². The van der Waals surface area contributed by atoms with Crippen LogP contribution < -0.4 is 10.5 Å². The summed E-state index contributed by atoms with van der Waals surface area (Å²) in [6.45, 7) is 2.52. The SMILES string of the molecule is Cc1ccc(CCN)cc1Oc1cccc(S(C)(=O)=O)c1. The fraction of sp³-hybridized carbons (Fsp3) is 0.250. The first-order valence-corrected chi connectivity index (χ1v) is 8.57. The van der Waals surface area contributed by atoms with Crippen LogP contribution >= 0.6 is 0 Å². The van der Waals surface area contributed by atoms with Gasteiger partial charge >= 0.3 is 0 Å². The predicted molar refractivity (Wildman–Crippen MR) is 83.6 cm³/mol. The standard InChI is InChI=1S/C16H19NO3S/c1-12-6-7-13(8-9-17)10-16(12)20-14-4-3-5-15(11-14)21(2,18)19/h3-7,10-11H,8-9,17H2,1-2H3. The van der Waals surface area contributed by atoms with Crippen molar-refractivity contribution in [3.8, 4) is 11.5 Å². The second kappa shape index (κ2) is 6.28. The molecule has 2 aromatic rings. The van der Waals surface area contributed by atoms with Crippen LogP contribution in [0.1, 0.15) is 11.1 Å². The fourth-order valence-electron chi connectivity index (χ4n) is 1.97. The maximum atomic E-state index is 11.6. The van der Waals surface area contributed by atoms with Crippen LogP contribution in [0.2, 0.25) is 0 Å². The van der Waals surface area contributed by atoms with Crippen molar-refractivity contribution in [1.29, 1.82) is 0 Å². The van der Waals surface area contributed by atoms with Crippen molar-refractivity contribution in [3.05, 3.63) is 53.6 Å². The smallest absolute Gasteiger partial charge is 0.175 e. The van der Waals surface area contributed by atoms with E-state index in [9.17, 15) is 8.42 Å². The molecular formula is C16H19NO3S. The van der Waals surface area contributed by atoms with E-state index in [4.69, 9.17) is 10.5 Å². The van der Waals surface area contributed by atoms with Crippen LogP contribution in [-0.2, 0) is 16.3 Å². The van der Waals surface area contributed by atoms with Gasteiger partial charge in [0.2, 0.25) is 0 Å². The Kier molecular flexibility index (Phi) is 4.65. The number of sulfone groups is 1. The summed E-state index contributed by atoms with van der Waals surface area (Å²) < 4.78 is 29.0. The number of hydrogen-bond donors (Lipinski definition) is 1. The summed E-state index contributed by atoms with van der Waals surface area (Å²) in [6.07, 6.45) is 1.96. The first-order valence-electron chi connectivity index (χ1n) is 6.68. The Hall–Kier alpha value is -1.85. The van der Waals surface area contributed by atoms with E-state index in [-0.39, 0.29) is 4.90 Å². The molecule has 2 rings (SSSR count). The minimum absolute atomic E-state index is 0.246. The molecule has 0 saturated carbocycles. The largest absolute Gasteiger partial charge is 0.457 e. The molecule has 2 N–H and O–H groups in total. The third kappa shape index (κ3) is 4.06. The topological polar surface area (TPSA) is 69.4 Å². The molecule has 2 aromatic carbocycles. The number of ether oxygens (including phenoxy) is 1. The summed E-state index contributed by atoms with van der Waals surface area (Å²) in [5.74, 6) is 1.22. The van der Waals surface area contributed by atoms with Crippen molar-refractivity contribution in [2.75, 3.05) is 12.8 Å². The highest BCUT2D eigenvalue weighted by Crippen LogP contribution is 2.27. The van der Waals surface area contributed by atoms with Gasteiger partial charge in [0.25, 0.3) is 0 Å². The normalized spacial score (nSPS) is 11.4. The molecule has 0 aromatic heterocycles. The van der Waals surface area contributed by atoms with Gasteiger partial charge in [-0.1, -0.05) is 18.2 Å². The molecule has 0 radical (unpaired) electrons. The first-order chi connectivity index (χ1) is 9.90. The number of rotatable bonds is 5. The lowest BCUT2D eigenvalue weighted by molar-refractivity contribution is 0.476. The fourth-order valence-corrected chi connectivity index (χ4v) is 2.63. The summed E-state index contributed by atoms with van der Waals surface area (Å²) in [6, 6.07) is 12.4. The van der Waals surface area contributed by atoms with Crippen LogP contribution in [0.25, 0.3) is 0 Å². The second-order valence-electron chi connectivity index (χ2n) is 4.99. The predicted octanol–water partition coefficient (Wildman–Crippen LogP) is 2.69. The summed E-state index contributed by atoms with van der Waals surface area (Å²) >= 11 is 0. The molecule has 0 spiro atoms. The third-order valence-corrected chi connectivity index (χ3v) is 4.26. The second-order valence-corrected chi connectivity index (χ2v) is 7.00. The molecule has 0 heterocycles. The Balaban J connectivity index is 2.32. The van der Waals surface area contributed by atoms with Gasteiger partial charge in [-0.25, -0.2) is 8.42 Å². The van der Waals surface area contributed by atoms with Crippen molar-refractivity contribution < 1.29 is 13.2 Å². The molecule has 4 nitrogen and oxygen atoms in total. The molecule has 0 saturated heterocycles. The zero-order valence-electron chi connectivity index (χ0n) is 12.2. The van der Waals surface area contributed by atoms with E-state index in [2.05, 4.69) is 0 Å². The Labute approximate surface area is 125 Å². The molecular weight excluding hydrogens is 286 g/mol. The molecule has 21 heavy (non-hydrogen) atoms. The number of aryl methyl sites for hydroxylation is 1. The van der Waals surface area contributed by atoms with Gasteiger partial charge in [-0.15, -0.1) is 0 Å². The average molecular weight is 305 g/mol. The number of nitrogens with two attached hydrogens (primary N) is 1. The van der Waals surface area contributed by atoms with Crippen molar-refractivity contribution in [2.24, 2.45) is 5.73 Å². The molecule has 0 unspecified atom stereocenters. The Bertz CT molecular complexity index is 739. The quantitative estimate of drug-likeness (QED) is 0.922. The van der Waals surface area contributed by atoms with E-state index < -0.39 is 9.84 Å². The van der Waals surface area contributed by atoms with E-state index in [1.165, 1.54) is 12.3 Å². The van der Waals surface area contributed by atoms with E-state index in [1.54, 1.807) is 18.2 Å². The van der Waals surface area contributed by atoms with Crippen LogP contribution in [0, 0.1) is 6.92 Å². The van der Waals surface area contributed by atoms with Gasteiger partial charge in [0.15, 0.2) is 9.84 Å². The van der Waals surface area contributed by atoms with E-state index >= 15 is 0 Å². The average Bonchev–Trinajstić information content (AvgIpc) is 2.42. The monoisotopic (exact) mass is 305 g/mol.